The van der Waals surface area contributed by atoms with Gasteiger partial charge in [0.05, 0.1) is 5.69 Å². The van der Waals surface area contributed by atoms with Gasteiger partial charge in [-0.2, -0.15) is 0 Å². The normalized spacial score (nSPS) is 15.4. The van der Waals surface area contributed by atoms with E-state index < -0.39 is 0 Å². The van der Waals surface area contributed by atoms with Gasteiger partial charge < -0.3 is 15.4 Å². The molecule has 0 bridgehead atoms. The predicted octanol–water partition coefficient (Wildman–Crippen LogP) is 2.89. The summed E-state index contributed by atoms with van der Waals surface area (Å²) in [5.74, 6) is 0.233. The zero-order chi connectivity index (χ0) is 16.7. The van der Waals surface area contributed by atoms with Crippen LogP contribution in [0.2, 0.25) is 0 Å². The summed E-state index contributed by atoms with van der Waals surface area (Å²) in [5.41, 5.74) is 6.56. The molecule has 1 aromatic heterocycles. The third kappa shape index (κ3) is 8.69. The lowest BCUT2D eigenvalue weighted by Crippen LogP contribution is -2.48. The lowest BCUT2D eigenvalue weighted by Gasteiger charge is -2.34. The van der Waals surface area contributed by atoms with Gasteiger partial charge in [0.15, 0.2) is 0 Å². The molecule has 1 saturated heterocycles. The van der Waals surface area contributed by atoms with Gasteiger partial charge >= 0.3 is 0 Å². The molecule has 1 aliphatic rings. The Labute approximate surface area is 179 Å². The summed E-state index contributed by atoms with van der Waals surface area (Å²) in [6.45, 7) is 9.58. The molecule has 1 unspecified atom stereocenters. The number of hydrogen-bond acceptors (Lipinski definition) is 6. The summed E-state index contributed by atoms with van der Waals surface area (Å²) in [6, 6.07) is 0. The molecular weight excluding hydrogens is 419 g/mol. The molecule has 1 aromatic rings. The second kappa shape index (κ2) is 14.9. The maximum Gasteiger partial charge on any atom is 0.222 e. The van der Waals surface area contributed by atoms with Crippen molar-refractivity contribution in [2.45, 2.75) is 39.3 Å². The van der Waals surface area contributed by atoms with E-state index in [9.17, 15) is 4.79 Å². The molecule has 2 rings (SSSR count). The molecule has 0 aliphatic carbocycles. The van der Waals surface area contributed by atoms with E-state index in [1.165, 1.54) is 0 Å². The molecule has 1 amide bonds. The monoisotopic (exact) mass is 448 g/mol. The molecule has 0 radical (unpaired) electrons. The minimum absolute atomic E-state index is 0. The first kappa shape index (κ1) is 28.1. The highest BCUT2D eigenvalue weighted by Gasteiger charge is 2.21. The van der Waals surface area contributed by atoms with Gasteiger partial charge in [-0.25, -0.2) is 4.98 Å². The SMILES string of the molecule is CCOC(C)c1nc(CN2CCN(C(=O)CCCN)CC2)cs1.Cl.Cl.Cl. The van der Waals surface area contributed by atoms with Crippen LogP contribution in [0, 0.1) is 0 Å². The fourth-order valence-electron chi connectivity index (χ4n) is 2.70. The maximum atomic E-state index is 12.0. The number of piperazine rings is 1. The zero-order valence-corrected chi connectivity index (χ0v) is 18.7. The van der Waals surface area contributed by atoms with Crippen LogP contribution in [-0.2, 0) is 16.1 Å². The van der Waals surface area contributed by atoms with Crippen LogP contribution in [0.1, 0.15) is 43.5 Å². The molecule has 2 N–H and O–H groups in total. The summed E-state index contributed by atoms with van der Waals surface area (Å²) < 4.78 is 5.59. The van der Waals surface area contributed by atoms with E-state index in [-0.39, 0.29) is 49.2 Å². The highest BCUT2D eigenvalue weighted by molar-refractivity contribution is 7.09. The van der Waals surface area contributed by atoms with E-state index in [0.717, 1.165) is 49.8 Å². The van der Waals surface area contributed by atoms with Crippen molar-refractivity contribution < 1.29 is 9.53 Å². The highest BCUT2D eigenvalue weighted by Crippen LogP contribution is 2.22. The maximum absolute atomic E-state index is 12.0. The van der Waals surface area contributed by atoms with Gasteiger partial charge in [0, 0.05) is 51.1 Å². The van der Waals surface area contributed by atoms with Gasteiger partial charge in [-0.05, 0) is 26.8 Å². The van der Waals surface area contributed by atoms with E-state index >= 15 is 0 Å². The van der Waals surface area contributed by atoms with Crippen LogP contribution in [0.4, 0.5) is 0 Å². The first-order valence-corrected chi connectivity index (χ1v) is 9.28. The first-order valence-electron chi connectivity index (χ1n) is 8.40. The molecule has 1 aliphatic heterocycles. The minimum Gasteiger partial charge on any atom is -0.372 e. The van der Waals surface area contributed by atoms with E-state index in [2.05, 4.69) is 15.3 Å². The fraction of sp³-hybridized carbons (Fsp3) is 0.750. The van der Waals surface area contributed by atoms with Gasteiger partial charge in [-0.1, -0.05) is 0 Å². The van der Waals surface area contributed by atoms with E-state index in [4.69, 9.17) is 10.5 Å². The van der Waals surface area contributed by atoms with Crippen LogP contribution in [-0.4, -0.2) is 60.0 Å². The Morgan fingerprint density at radius 1 is 1.31 bits per heavy atom. The summed E-state index contributed by atoms with van der Waals surface area (Å²) in [6.07, 6.45) is 1.41. The Morgan fingerprint density at radius 2 is 1.96 bits per heavy atom. The first-order chi connectivity index (χ1) is 11.1. The molecule has 2 heterocycles. The number of halogens is 3. The van der Waals surface area contributed by atoms with Crippen LogP contribution in [0.5, 0.6) is 0 Å². The predicted molar refractivity (Wildman–Crippen MR) is 114 cm³/mol. The number of aromatic nitrogens is 1. The molecule has 154 valence electrons. The summed E-state index contributed by atoms with van der Waals surface area (Å²) in [4.78, 5) is 21.0. The molecule has 6 nitrogen and oxygen atoms in total. The van der Waals surface area contributed by atoms with Gasteiger partial charge in [0.1, 0.15) is 11.1 Å². The number of carbonyl (C=O) groups excluding carboxylic acids is 1. The van der Waals surface area contributed by atoms with Crippen molar-refractivity contribution in [2.24, 2.45) is 5.73 Å². The Bertz CT molecular complexity index is 500. The number of carbonyl (C=O) groups is 1. The Balaban J connectivity index is 0. The lowest BCUT2D eigenvalue weighted by atomic mass is 10.2. The number of amides is 1. The number of thiazole rings is 1. The Kier molecular flexibility index (Phi) is 16.0. The van der Waals surface area contributed by atoms with Crippen molar-refractivity contribution in [3.63, 3.8) is 0 Å². The summed E-state index contributed by atoms with van der Waals surface area (Å²) in [7, 11) is 0. The van der Waals surface area contributed by atoms with E-state index in [0.29, 0.717) is 19.6 Å². The van der Waals surface area contributed by atoms with Crippen LogP contribution in [0.25, 0.3) is 0 Å². The molecule has 26 heavy (non-hydrogen) atoms. The molecule has 1 atom stereocenters. The third-order valence-corrected chi connectivity index (χ3v) is 5.09. The molecule has 0 aromatic carbocycles. The number of nitrogens with two attached hydrogens (primary N) is 1. The smallest absolute Gasteiger partial charge is 0.222 e. The van der Waals surface area contributed by atoms with Crippen molar-refractivity contribution in [2.75, 3.05) is 39.3 Å². The van der Waals surface area contributed by atoms with Crippen LogP contribution in [0.3, 0.4) is 0 Å². The summed E-state index contributed by atoms with van der Waals surface area (Å²) in [5, 5.41) is 3.15. The standard InChI is InChI=1S/C16H28N4O2S.3ClH/c1-3-22-13(2)16-18-14(12-23-16)11-19-7-9-20(10-8-19)15(21)5-4-6-17;;;/h12-13H,3-11,17H2,1-2H3;3*1H. The quantitative estimate of drug-likeness (QED) is 0.660. The zero-order valence-electron chi connectivity index (χ0n) is 15.4. The Hall–Kier alpha value is -0.150. The van der Waals surface area contributed by atoms with Crippen molar-refractivity contribution in [1.29, 1.82) is 0 Å². The number of ether oxygens (including phenoxy) is 1. The molecule has 0 spiro atoms. The average molecular weight is 450 g/mol. The van der Waals surface area contributed by atoms with Gasteiger partial charge in [0.2, 0.25) is 5.91 Å². The minimum atomic E-state index is 0. The Morgan fingerprint density at radius 3 is 2.54 bits per heavy atom. The number of nitrogens with zero attached hydrogens (tertiary/aromatic N) is 3. The fourth-order valence-corrected chi connectivity index (χ4v) is 3.51. The van der Waals surface area contributed by atoms with Crippen molar-refractivity contribution in [3.8, 4) is 0 Å². The van der Waals surface area contributed by atoms with Gasteiger partial charge in [0.25, 0.3) is 0 Å². The van der Waals surface area contributed by atoms with Crippen molar-refractivity contribution in [3.05, 3.63) is 16.1 Å². The number of hydrogen-bond donors (Lipinski definition) is 1. The van der Waals surface area contributed by atoms with E-state index in [1.54, 1.807) is 11.3 Å². The summed E-state index contributed by atoms with van der Waals surface area (Å²) >= 11 is 1.66. The third-order valence-electron chi connectivity index (χ3n) is 4.04. The van der Waals surface area contributed by atoms with Crippen LogP contribution in [0.15, 0.2) is 5.38 Å². The van der Waals surface area contributed by atoms with Crippen LogP contribution < -0.4 is 5.73 Å². The van der Waals surface area contributed by atoms with Crippen LogP contribution >= 0.6 is 48.6 Å². The molecule has 1 fully saturated rings. The molecular formula is C16H31Cl3N4O2S. The van der Waals surface area contributed by atoms with Crippen molar-refractivity contribution >= 4 is 54.5 Å². The molecule has 0 saturated carbocycles. The highest BCUT2D eigenvalue weighted by atomic mass is 35.5. The lowest BCUT2D eigenvalue weighted by molar-refractivity contribution is -0.133. The second-order valence-electron chi connectivity index (χ2n) is 5.82. The molecule has 10 heteroatoms. The number of rotatable bonds is 8. The second-order valence-corrected chi connectivity index (χ2v) is 6.71. The van der Waals surface area contributed by atoms with Gasteiger partial charge in [-0.15, -0.1) is 48.6 Å². The van der Waals surface area contributed by atoms with Gasteiger partial charge in [-0.3, -0.25) is 9.69 Å². The average Bonchev–Trinajstić information content (AvgIpc) is 3.02. The topological polar surface area (TPSA) is 71.7 Å². The van der Waals surface area contributed by atoms with E-state index in [1.807, 2.05) is 18.7 Å². The van der Waals surface area contributed by atoms with Crippen molar-refractivity contribution in [1.82, 2.24) is 14.8 Å². The largest absolute Gasteiger partial charge is 0.372 e.